The van der Waals surface area contributed by atoms with Gasteiger partial charge in [0, 0.05) is 0 Å². The Labute approximate surface area is 69.5 Å². The molecule has 4 atom stereocenters. The number of aliphatic hydroxyl groups is 3. The molecule has 1 aliphatic rings. The van der Waals surface area contributed by atoms with Crippen molar-refractivity contribution in [3.05, 3.63) is 0 Å². The van der Waals surface area contributed by atoms with Crippen LogP contribution in [0.25, 0.3) is 0 Å². The van der Waals surface area contributed by atoms with Crippen molar-refractivity contribution < 1.29 is 24.9 Å². The van der Waals surface area contributed by atoms with Crippen molar-refractivity contribution in [1.29, 1.82) is 0 Å². The van der Waals surface area contributed by atoms with Crippen LogP contribution in [-0.2, 0) is 9.57 Å². The molecule has 1 fully saturated rings. The molecule has 0 spiro atoms. The lowest BCUT2D eigenvalue weighted by Gasteiger charge is -2.26. The maximum absolute atomic E-state index is 9.34. The quantitative estimate of drug-likeness (QED) is 0.355. The second-order valence-electron chi connectivity index (χ2n) is 2.85. The van der Waals surface area contributed by atoms with E-state index in [0.29, 0.717) is 0 Å². The van der Waals surface area contributed by atoms with Gasteiger partial charge < -0.3 is 20.1 Å². The Bertz CT molecular complexity index is 160. The van der Waals surface area contributed by atoms with Crippen LogP contribution in [0.15, 0.2) is 0 Å². The lowest BCUT2D eigenvalue weighted by Crippen LogP contribution is -2.50. The van der Waals surface area contributed by atoms with Gasteiger partial charge in [0.1, 0.15) is 18.8 Å². The van der Waals surface area contributed by atoms with E-state index in [1.165, 1.54) is 0 Å². The van der Waals surface area contributed by atoms with Gasteiger partial charge in [0.15, 0.2) is 0 Å². The monoisotopic (exact) mass is 179 g/mol. The van der Waals surface area contributed by atoms with Crippen molar-refractivity contribution in [2.45, 2.75) is 31.0 Å². The highest BCUT2D eigenvalue weighted by Gasteiger charge is 2.53. The summed E-state index contributed by atoms with van der Waals surface area (Å²) in [6, 6.07) is 0. The van der Waals surface area contributed by atoms with Gasteiger partial charge in [-0.3, -0.25) is 4.84 Å². The molecule has 72 valence electrons. The van der Waals surface area contributed by atoms with E-state index < -0.39 is 30.7 Å². The fourth-order valence-corrected chi connectivity index (χ4v) is 1.24. The molecule has 0 aromatic rings. The molecule has 0 saturated carbocycles. The molecule has 0 radical (unpaired) electrons. The number of nitrogens with two attached hydrogens (primary N) is 1. The van der Waals surface area contributed by atoms with E-state index in [1.54, 1.807) is 6.92 Å². The Morgan fingerprint density at radius 2 is 2.17 bits per heavy atom. The molecule has 1 rings (SSSR count). The molecular formula is C6H13NO5. The van der Waals surface area contributed by atoms with Crippen LogP contribution in [0.2, 0.25) is 0 Å². The summed E-state index contributed by atoms with van der Waals surface area (Å²) in [7, 11) is 0. The predicted octanol–water partition coefficient (Wildman–Crippen LogP) is -2.29. The third kappa shape index (κ3) is 1.22. The third-order valence-electron chi connectivity index (χ3n) is 2.06. The molecule has 1 aliphatic heterocycles. The SMILES string of the molecule is C[C@H]1O[C@](CO)(ON)[C@H](O)[C@H]1O. The van der Waals surface area contributed by atoms with Crippen LogP contribution < -0.4 is 5.90 Å². The molecule has 12 heavy (non-hydrogen) atoms. The standard InChI is InChI=1S/C6H13NO5/c1-3-4(9)5(10)6(2-8,11-3)12-7/h3-5,8-10H,2,7H2,1H3/t3-,4+,5-,6-/m1/s1. The van der Waals surface area contributed by atoms with Gasteiger partial charge in [-0.1, -0.05) is 0 Å². The largest absolute Gasteiger partial charge is 0.391 e. The van der Waals surface area contributed by atoms with Crippen LogP contribution in [-0.4, -0.2) is 46.0 Å². The maximum atomic E-state index is 9.34. The molecule has 1 saturated heterocycles. The minimum atomic E-state index is -1.68. The highest BCUT2D eigenvalue weighted by Crippen LogP contribution is 2.30. The van der Waals surface area contributed by atoms with E-state index in [9.17, 15) is 10.2 Å². The van der Waals surface area contributed by atoms with Gasteiger partial charge in [0.2, 0.25) is 5.79 Å². The van der Waals surface area contributed by atoms with Crippen LogP contribution in [0.4, 0.5) is 0 Å². The first kappa shape index (κ1) is 9.85. The van der Waals surface area contributed by atoms with Crippen molar-refractivity contribution >= 4 is 0 Å². The zero-order chi connectivity index (χ0) is 9.35. The zero-order valence-corrected chi connectivity index (χ0v) is 6.67. The second kappa shape index (κ2) is 3.25. The van der Waals surface area contributed by atoms with E-state index >= 15 is 0 Å². The van der Waals surface area contributed by atoms with Gasteiger partial charge >= 0.3 is 0 Å². The molecule has 1 heterocycles. The normalized spacial score (nSPS) is 48.2. The Balaban J connectivity index is 2.79. The number of ether oxygens (including phenoxy) is 1. The number of hydrogen-bond acceptors (Lipinski definition) is 6. The van der Waals surface area contributed by atoms with Gasteiger partial charge in [-0.2, -0.15) is 0 Å². The first-order valence-corrected chi connectivity index (χ1v) is 3.60. The highest BCUT2D eigenvalue weighted by molar-refractivity contribution is 4.94. The number of rotatable bonds is 2. The van der Waals surface area contributed by atoms with Gasteiger partial charge in [0.25, 0.3) is 0 Å². The first-order chi connectivity index (χ1) is 5.57. The van der Waals surface area contributed by atoms with Crippen molar-refractivity contribution in [3.8, 4) is 0 Å². The molecular weight excluding hydrogens is 166 g/mol. The van der Waals surface area contributed by atoms with Gasteiger partial charge in [0.05, 0.1) is 6.10 Å². The van der Waals surface area contributed by atoms with E-state index in [4.69, 9.17) is 15.7 Å². The van der Waals surface area contributed by atoms with Gasteiger partial charge in [-0.25, -0.2) is 5.90 Å². The average molecular weight is 179 g/mol. The highest BCUT2D eigenvalue weighted by atomic mass is 16.8. The summed E-state index contributed by atoms with van der Waals surface area (Å²) in [5.74, 6) is 3.16. The van der Waals surface area contributed by atoms with E-state index in [0.717, 1.165) is 0 Å². The number of aliphatic hydroxyl groups excluding tert-OH is 3. The average Bonchev–Trinajstić information content (AvgIpc) is 2.30. The fourth-order valence-electron chi connectivity index (χ4n) is 1.24. The van der Waals surface area contributed by atoms with Crippen LogP contribution in [0.5, 0.6) is 0 Å². The summed E-state index contributed by atoms with van der Waals surface area (Å²) in [4.78, 5) is 4.32. The Hall–Kier alpha value is -0.240. The molecule has 0 aromatic heterocycles. The minimum Gasteiger partial charge on any atom is -0.391 e. The van der Waals surface area contributed by atoms with E-state index in [-0.39, 0.29) is 0 Å². The molecule has 0 unspecified atom stereocenters. The van der Waals surface area contributed by atoms with E-state index in [2.05, 4.69) is 4.84 Å². The van der Waals surface area contributed by atoms with Crippen LogP contribution in [0, 0.1) is 0 Å². The van der Waals surface area contributed by atoms with Gasteiger partial charge in [-0.15, -0.1) is 0 Å². The summed E-state index contributed by atoms with van der Waals surface area (Å²) in [5.41, 5.74) is 0. The molecule has 6 nitrogen and oxygen atoms in total. The summed E-state index contributed by atoms with van der Waals surface area (Å²) in [6.45, 7) is 0.941. The van der Waals surface area contributed by atoms with Crippen molar-refractivity contribution in [1.82, 2.24) is 0 Å². The Morgan fingerprint density at radius 3 is 2.33 bits per heavy atom. The summed E-state index contributed by atoms with van der Waals surface area (Å²) in [6.07, 6.45) is -3.04. The van der Waals surface area contributed by atoms with Crippen LogP contribution in [0.1, 0.15) is 6.92 Å². The predicted molar refractivity (Wildman–Crippen MR) is 37.6 cm³/mol. The molecule has 0 aliphatic carbocycles. The van der Waals surface area contributed by atoms with Crippen molar-refractivity contribution in [2.24, 2.45) is 5.90 Å². The fraction of sp³-hybridized carbons (Fsp3) is 1.00. The molecule has 0 bridgehead atoms. The Morgan fingerprint density at radius 1 is 1.58 bits per heavy atom. The Kier molecular flexibility index (Phi) is 2.67. The summed E-state index contributed by atoms with van der Waals surface area (Å²) >= 11 is 0. The first-order valence-electron chi connectivity index (χ1n) is 3.60. The van der Waals surface area contributed by atoms with Crippen LogP contribution >= 0.6 is 0 Å². The molecule has 5 N–H and O–H groups in total. The molecule has 0 amide bonds. The lowest BCUT2D eigenvalue weighted by atomic mass is 10.1. The zero-order valence-electron chi connectivity index (χ0n) is 6.67. The minimum absolute atomic E-state index is 0.605. The van der Waals surface area contributed by atoms with Crippen LogP contribution in [0.3, 0.4) is 0 Å². The van der Waals surface area contributed by atoms with Crippen molar-refractivity contribution in [3.63, 3.8) is 0 Å². The summed E-state index contributed by atoms with van der Waals surface area (Å²) in [5, 5.41) is 27.4. The summed E-state index contributed by atoms with van der Waals surface area (Å²) < 4.78 is 4.97. The molecule has 0 aromatic carbocycles. The third-order valence-corrected chi connectivity index (χ3v) is 2.06. The van der Waals surface area contributed by atoms with Crippen molar-refractivity contribution in [2.75, 3.05) is 6.61 Å². The van der Waals surface area contributed by atoms with E-state index in [1.807, 2.05) is 0 Å². The van der Waals surface area contributed by atoms with Gasteiger partial charge in [-0.05, 0) is 6.92 Å². The second-order valence-corrected chi connectivity index (χ2v) is 2.85. The lowest BCUT2D eigenvalue weighted by molar-refractivity contribution is -0.275. The molecule has 6 heteroatoms. The maximum Gasteiger partial charge on any atom is 0.239 e. The number of hydrogen-bond donors (Lipinski definition) is 4. The topological polar surface area (TPSA) is 105 Å². The smallest absolute Gasteiger partial charge is 0.239 e.